The molecule has 1 aromatic rings. The molecule has 0 radical (unpaired) electrons. The Bertz CT molecular complexity index is 294. The molecule has 2 N–H and O–H groups in total. The van der Waals surface area contributed by atoms with Gasteiger partial charge in [-0.05, 0) is 54.9 Å². The van der Waals surface area contributed by atoms with Gasteiger partial charge in [0.25, 0.3) is 0 Å². The van der Waals surface area contributed by atoms with E-state index in [0.717, 1.165) is 5.69 Å². The first-order valence-electron chi connectivity index (χ1n) is 7.25. The predicted octanol–water partition coefficient (Wildman–Crippen LogP) is 4.91. The largest absolute Gasteiger partial charge is 0.399 e. The minimum absolute atomic E-state index is 0.862. The number of hydrogen-bond acceptors (Lipinski definition) is 2. The summed E-state index contributed by atoms with van der Waals surface area (Å²) >= 11 is 2.12. The maximum atomic E-state index is 5.67. The molecule has 102 valence electrons. The van der Waals surface area contributed by atoms with Crippen molar-refractivity contribution in [2.45, 2.75) is 51.9 Å². The predicted molar refractivity (Wildman–Crippen MR) is 85.3 cm³/mol. The van der Waals surface area contributed by atoms with Crippen LogP contribution in [0.1, 0.15) is 51.0 Å². The summed E-state index contributed by atoms with van der Waals surface area (Å²) in [5.74, 6) is 2.67. The van der Waals surface area contributed by atoms with Crippen molar-refractivity contribution in [3.63, 3.8) is 0 Å². The van der Waals surface area contributed by atoms with E-state index in [9.17, 15) is 0 Å². The fraction of sp³-hybridized carbons (Fsp3) is 0.625. The average molecular weight is 265 g/mol. The SMILES string of the molecule is CCCCCCSCCCCc1ccc(N)cc1. The zero-order chi connectivity index (χ0) is 13.1. The maximum Gasteiger partial charge on any atom is 0.0314 e. The van der Waals surface area contributed by atoms with E-state index in [0.29, 0.717) is 0 Å². The number of rotatable bonds is 10. The van der Waals surface area contributed by atoms with Crippen LogP contribution in [0.25, 0.3) is 0 Å². The summed E-state index contributed by atoms with van der Waals surface area (Å²) in [6, 6.07) is 8.29. The van der Waals surface area contributed by atoms with Crippen LogP contribution >= 0.6 is 11.8 Å². The van der Waals surface area contributed by atoms with Crippen molar-refractivity contribution >= 4 is 17.4 Å². The topological polar surface area (TPSA) is 26.0 Å². The smallest absolute Gasteiger partial charge is 0.0314 e. The van der Waals surface area contributed by atoms with Gasteiger partial charge in [-0.2, -0.15) is 11.8 Å². The third kappa shape index (κ3) is 7.65. The molecular weight excluding hydrogens is 238 g/mol. The summed E-state index contributed by atoms with van der Waals surface area (Å²) in [5.41, 5.74) is 7.94. The van der Waals surface area contributed by atoms with Crippen LogP contribution in [-0.4, -0.2) is 11.5 Å². The first kappa shape index (κ1) is 15.4. The molecule has 2 heteroatoms. The molecule has 0 amide bonds. The van der Waals surface area contributed by atoms with E-state index >= 15 is 0 Å². The first-order valence-corrected chi connectivity index (χ1v) is 8.40. The molecule has 0 atom stereocenters. The third-order valence-corrected chi connectivity index (χ3v) is 4.28. The molecule has 18 heavy (non-hydrogen) atoms. The summed E-state index contributed by atoms with van der Waals surface area (Å²) in [6.07, 6.45) is 9.38. The summed E-state index contributed by atoms with van der Waals surface area (Å²) in [6.45, 7) is 2.27. The Morgan fingerprint density at radius 3 is 2.22 bits per heavy atom. The Kier molecular flexibility index (Phi) is 8.83. The van der Waals surface area contributed by atoms with Crippen molar-refractivity contribution in [1.29, 1.82) is 0 Å². The van der Waals surface area contributed by atoms with Crippen molar-refractivity contribution in [2.24, 2.45) is 0 Å². The highest BCUT2D eigenvalue weighted by molar-refractivity contribution is 7.99. The Labute approximate surface area is 117 Å². The number of aryl methyl sites for hydroxylation is 1. The van der Waals surface area contributed by atoms with Crippen LogP contribution in [0.2, 0.25) is 0 Å². The zero-order valence-electron chi connectivity index (χ0n) is 11.7. The molecule has 1 nitrogen and oxygen atoms in total. The molecule has 0 aliphatic heterocycles. The summed E-state index contributed by atoms with van der Waals surface area (Å²) < 4.78 is 0. The van der Waals surface area contributed by atoms with Gasteiger partial charge in [0.1, 0.15) is 0 Å². The van der Waals surface area contributed by atoms with Crippen molar-refractivity contribution in [1.82, 2.24) is 0 Å². The van der Waals surface area contributed by atoms with Crippen molar-refractivity contribution in [3.05, 3.63) is 29.8 Å². The van der Waals surface area contributed by atoms with Crippen LogP contribution in [0, 0.1) is 0 Å². The van der Waals surface area contributed by atoms with Crippen LogP contribution in [0.4, 0.5) is 5.69 Å². The van der Waals surface area contributed by atoms with Crippen LogP contribution in [0.3, 0.4) is 0 Å². The van der Waals surface area contributed by atoms with E-state index in [4.69, 9.17) is 5.73 Å². The second kappa shape index (κ2) is 10.3. The lowest BCUT2D eigenvalue weighted by atomic mass is 10.1. The molecule has 0 unspecified atom stereocenters. The fourth-order valence-corrected chi connectivity index (χ4v) is 2.97. The number of anilines is 1. The Morgan fingerprint density at radius 2 is 1.56 bits per heavy atom. The number of nitrogens with two attached hydrogens (primary N) is 1. The van der Waals surface area contributed by atoms with Gasteiger partial charge < -0.3 is 5.73 Å². The van der Waals surface area contributed by atoms with Crippen molar-refractivity contribution in [3.8, 4) is 0 Å². The number of hydrogen-bond donors (Lipinski definition) is 1. The van der Waals surface area contributed by atoms with Crippen molar-refractivity contribution < 1.29 is 0 Å². The van der Waals surface area contributed by atoms with Crippen LogP contribution in [0.5, 0.6) is 0 Å². The molecule has 0 saturated carbocycles. The second-order valence-electron chi connectivity index (χ2n) is 4.87. The highest BCUT2D eigenvalue weighted by Gasteiger charge is 1.95. The molecule has 0 aliphatic rings. The monoisotopic (exact) mass is 265 g/mol. The molecule has 0 spiro atoms. The number of unbranched alkanes of at least 4 members (excludes halogenated alkanes) is 4. The quantitative estimate of drug-likeness (QED) is 0.481. The van der Waals surface area contributed by atoms with E-state index < -0.39 is 0 Å². The molecule has 0 fully saturated rings. The molecule has 1 rings (SSSR count). The second-order valence-corrected chi connectivity index (χ2v) is 6.10. The number of nitrogen functional groups attached to an aromatic ring is 1. The van der Waals surface area contributed by atoms with Crippen LogP contribution < -0.4 is 5.73 Å². The standard InChI is InChI=1S/C16H27NS/c1-2-3-4-6-13-18-14-7-5-8-15-9-11-16(17)12-10-15/h9-12H,2-8,13-14,17H2,1H3. The maximum absolute atomic E-state index is 5.67. The van der Waals surface area contributed by atoms with Gasteiger partial charge in [0.15, 0.2) is 0 Å². The lowest BCUT2D eigenvalue weighted by Gasteiger charge is -2.03. The minimum Gasteiger partial charge on any atom is -0.399 e. The van der Waals surface area contributed by atoms with Gasteiger partial charge in [0.2, 0.25) is 0 Å². The number of benzene rings is 1. The Hall–Kier alpha value is -0.630. The van der Waals surface area contributed by atoms with Gasteiger partial charge in [0.05, 0.1) is 0 Å². The molecule has 0 saturated heterocycles. The number of thioether (sulfide) groups is 1. The average Bonchev–Trinajstić information content (AvgIpc) is 2.39. The highest BCUT2D eigenvalue weighted by Crippen LogP contribution is 2.12. The van der Waals surface area contributed by atoms with E-state index in [2.05, 4.69) is 30.8 Å². The van der Waals surface area contributed by atoms with Gasteiger partial charge >= 0.3 is 0 Å². The molecule has 0 aromatic heterocycles. The summed E-state index contributed by atoms with van der Waals surface area (Å²) in [5, 5.41) is 0. The lowest BCUT2D eigenvalue weighted by Crippen LogP contribution is -1.90. The summed E-state index contributed by atoms with van der Waals surface area (Å²) in [7, 11) is 0. The highest BCUT2D eigenvalue weighted by atomic mass is 32.2. The molecular formula is C16H27NS. The van der Waals surface area contributed by atoms with Gasteiger partial charge in [-0.1, -0.05) is 38.3 Å². The van der Waals surface area contributed by atoms with Gasteiger partial charge in [0, 0.05) is 5.69 Å². The lowest BCUT2D eigenvalue weighted by molar-refractivity contribution is 0.706. The van der Waals surface area contributed by atoms with E-state index in [1.807, 2.05) is 12.1 Å². The van der Waals surface area contributed by atoms with Gasteiger partial charge in [-0.25, -0.2) is 0 Å². The van der Waals surface area contributed by atoms with Crippen LogP contribution in [-0.2, 0) is 6.42 Å². The van der Waals surface area contributed by atoms with E-state index in [1.54, 1.807) is 0 Å². The molecule has 0 aliphatic carbocycles. The Morgan fingerprint density at radius 1 is 0.889 bits per heavy atom. The van der Waals surface area contributed by atoms with Gasteiger partial charge in [-0.3, -0.25) is 0 Å². The Balaban J connectivity index is 1.91. The molecule has 0 bridgehead atoms. The van der Waals surface area contributed by atoms with Crippen molar-refractivity contribution in [2.75, 3.05) is 17.2 Å². The molecule has 0 heterocycles. The fourth-order valence-electron chi connectivity index (χ4n) is 1.95. The third-order valence-electron chi connectivity index (χ3n) is 3.13. The molecule has 1 aromatic carbocycles. The van der Waals surface area contributed by atoms with Gasteiger partial charge in [-0.15, -0.1) is 0 Å². The minimum atomic E-state index is 0.862. The van der Waals surface area contributed by atoms with E-state index in [-0.39, 0.29) is 0 Å². The zero-order valence-corrected chi connectivity index (χ0v) is 12.5. The van der Waals surface area contributed by atoms with E-state index in [1.165, 1.54) is 62.0 Å². The first-order chi connectivity index (χ1) is 8.83. The normalized spacial score (nSPS) is 10.7. The van der Waals surface area contributed by atoms with Crippen LogP contribution in [0.15, 0.2) is 24.3 Å². The summed E-state index contributed by atoms with van der Waals surface area (Å²) in [4.78, 5) is 0.